The molecule has 134 valence electrons. The minimum absolute atomic E-state index is 0.0629. The molecule has 0 saturated carbocycles. The van der Waals surface area contributed by atoms with Gasteiger partial charge in [0.15, 0.2) is 4.75 Å². The van der Waals surface area contributed by atoms with E-state index in [1.54, 1.807) is 0 Å². The van der Waals surface area contributed by atoms with E-state index in [0.29, 0.717) is 4.47 Å². The number of rotatable bonds is 4. The maximum atomic E-state index is 13.2. The highest BCUT2D eigenvalue weighted by molar-refractivity contribution is 9.10. The van der Waals surface area contributed by atoms with E-state index in [4.69, 9.17) is 9.88 Å². The van der Waals surface area contributed by atoms with Gasteiger partial charge in [0, 0.05) is 6.42 Å². The molecule has 1 atom stereocenters. The first kappa shape index (κ1) is 18.7. The van der Waals surface area contributed by atoms with Gasteiger partial charge in [0.25, 0.3) is 0 Å². The molecule has 1 aromatic heterocycles. The molecule has 2 N–H and O–H groups in total. The maximum Gasteiger partial charge on any atom is 0.225 e. The van der Waals surface area contributed by atoms with Gasteiger partial charge in [-0.3, -0.25) is 0 Å². The summed E-state index contributed by atoms with van der Waals surface area (Å²) in [6.07, 6.45) is 3.65. The molecule has 1 aliphatic carbocycles. The molecule has 1 heterocycles. The Labute approximate surface area is 161 Å². The Hall–Kier alpha value is -2.13. The van der Waals surface area contributed by atoms with Gasteiger partial charge >= 0.3 is 0 Å². The summed E-state index contributed by atoms with van der Waals surface area (Å²) in [5.74, 6) is -0.0381. The number of hydrogen-bond donors (Lipinski definition) is 1. The number of ether oxygens (including phenoxy) is 1. The highest BCUT2D eigenvalue weighted by atomic mass is 79.9. The number of nitriles is 1. The molecular formula is C15H10BrFN4O3S2. The van der Waals surface area contributed by atoms with E-state index >= 15 is 0 Å². The number of allylic oxidation sites excluding steroid dienone is 2. The van der Waals surface area contributed by atoms with Crippen LogP contribution in [0.3, 0.4) is 0 Å². The lowest BCUT2D eigenvalue weighted by molar-refractivity contribution is 0.425. The summed E-state index contributed by atoms with van der Waals surface area (Å²) < 4.78 is 45.9. The van der Waals surface area contributed by atoms with Crippen molar-refractivity contribution in [1.82, 2.24) is 9.36 Å². The Morgan fingerprint density at radius 1 is 1.46 bits per heavy atom. The normalized spacial score (nSPS) is 20.1. The molecule has 2 aromatic rings. The predicted molar refractivity (Wildman–Crippen MR) is 95.8 cm³/mol. The first-order chi connectivity index (χ1) is 12.3. The van der Waals surface area contributed by atoms with E-state index < -0.39 is 20.6 Å². The van der Waals surface area contributed by atoms with Crippen LogP contribution in [0.4, 0.5) is 4.39 Å². The fourth-order valence-corrected chi connectivity index (χ4v) is 4.78. The van der Waals surface area contributed by atoms with Gasteiger partial charge in [-0.25, -0.2) is 22.9 Å². The molecule has 3 rings (SSSR count). The molecule has 1 aromatic carbocycles. The number of hydrogen-bond acceptors (Lipinski definition) is 7. The van der Waals surface area contributed by atoms with Crippen molar-refractivity contribution >= 4 is 37.5 Å². The number of aromatic nitrogens is 2. The molecule has 0 fully saturated rings. The second-order valence-electron chi connectivity index (χ2n) is 5.32. The minimum atomic E-state index is -4.14. The van der Waals surface area contributed by atoms with Crippen LogP contribution in [0.15, 0.2) is 52.5 Å². The highest BCUT2D eigenvalue weighted by Crippen LogP contribution is 2.42. The Balaban J connectivity index is 2.03. The van der Waals surface area contributed by atoms with Gasteiger partial charge < -0.3 is 4.74 Å². The summed E-state index contributed by atoms with van der Waals surface area (Å²) in [5.41, 5.74) is 0.0629. The molecule has 11 heteroatoms. The smallest absolute Gasteiger partial charge is 0.225 e. The van der Waals surface area contributed by atoms with Crippen LogP contribution >= 0.6 is 27.5 Å². The Bertz CT molecular complexity index is 1060. The quantitative estimate of drug-likeness (QED) is 0.754. The highest BCUT2D eigenvalue weighted by Gasteiger charge is 2.47. The van der Waals surface area contributed by atoms with Crippen molar-refractivity contribution in [3.63, 3.8) is 0 Å². The van der Waals surface area contributed by atoms with Crippen LogP contribution in [0.1, 0.15) is 11.4 Å². The fourth-order valence-electron chi connectivity index (χ4n) is 2.41. The zero-order chi connectivity index (χ0) is 18.9. The van der Waals surface area contributed by atoms with E-state index in [1.807, 2.05) is 6.07 Å². The van der Waals surface area contributed by atoms with Crippen LogP contribution in [0, 0.1) is 17.1 Å². The number of sulfonamides is 1. The Morgan fingerprint density at radius 3 is 2.81 bits per heavy atom. The lowest BCUT2D eigenvalue weighted by atomic mass is 9.93. The van der Waals surface area contributed by atoms with Crippen molar-refractivity contribution in [3.8, 4) is 11.8 Å². The summed E-state index contributed by atoms with van der Waals surface area (Å²) in [7, 11) is -4.14. The first-order valence-electron chi connectivity index (χ1n) is 7.02. The number of benzene rings is 1. The third-order valence-corrected chi connectivity index (χ3v) is 6.80. The van der Waals surface area contributed by atoms with E-state index in [1.165, 1.54) is 36.7 Å². The van der Waals surface area contributed by atoms with Crippen LogP contribution in [0.2, 0.25) is 0 Å². The van der Waals surface area contributed by atoms with Crippen molar-refractivity contribution in [3.05, 3.63) is 63.3 Å². The SMILES string of the molecule is N#CC1=C(Oc2ccc(F)cc2Br)C=CC(c2ncns2)(S(N)(=O)=O)C1. The third-order valence-electron chi connectivity index (χ3n) is 3.72. The van der Waals surface area contributed by atoms with Gasteiger partial charge in [0.05, 0.1) is 16.1 Å². The molecule has 0 saturated heterocycles. The van der Waals surface area contributed by atoms with Crippen LogP contribution in [0.5, 0.6) is 5.75 Å². The Kier molecular flexibility index (Phi) is 4.94. The van der Waals surface area contributed by atoms with Crippen LogP contribution in [-0.4, -0.2) is 17.8 Å². The maximum absolute atomic E-state index is 13.2. The molecule has 0 bridgehead atoms. The minimum Gasteiger partial charge on any atom is -0.455 e. The topological polar surface area (TPSA) is 119 Å². The summed E-state index contributed by atoms with van der Waals surface area (Å²) in [6, 6.07) is 5.75. The van der Waals surface area contributed by atoms with Crippen LogP contribution < -0.4 is 9.88 Å². The molecule has 0 spiro atoms. The van der Waals surface area contributed by atoms with Crippen molar-refractivity contribution in [2.24, 2.45) is 5.14 Å². The third kappa shape index (κ3) is 3.28. The second-order valence-corrected chi connectivity index (χ2v) is 8.78. The van der Waals surface area contributed by atoms with Gasteiger partial charge in [-0.05, 0) is 51.7 Å². The number of nitrogens with two attached hydrogens (primary N) is 1. The van der Waals surface area contributed by atoms with Gasteiger partial charge in [0.2, 0.25) is 10.0 Å². The van der Waals surface area contributed by atoms with E-state index in [9.17, 15) is 18.1 Å². The summed E-state index contributed by atoms with van der Waals surface area (Å²) in [5, 5.41) is 15.1. The summed E-state index contributed by atoms with van der Waals surface area (Å²) in [4.78, 5) is 3.96. The molecule has 0 radical (unpaired) electrons. The number of halogens is 2. The molecule has 1 unspecified atom stereocenters. The van der Waals surface area contributed by atoms with E-state index in [0.717, 1.165) is 11.5 Å². The van der Waals surface area contributed by atoms with Crippen molar-refractivity contribution in [2.75, 3.05) is 0 Å². The standard InChI is InChI=1S/C15H10BrFN4O3S2/c16-11-5-10(17)1-2-13(11)24-12-3-4-15(26(19,22)23,6-9(12)7-18)14-20-8-21-25-14/h1-5,8H,6H2,(H2,19,22,23). The van der Waals surface area contributed by atoms with Crippen molar-refractivity contribution in [2.45, 2.75) is 11.2 Å². The Morgan fingerprint density at radius 2 is 2.23 bits per heavy atom. The monoisotopic (exact) mass is 456 g/mol. The summed E-state index contributed by atoms with van der Waals surface area (Å²) >= 11 is 4.06. The molecule has 0 amide bonds. The first-order valence-corrected chi connectivity index (χ1v) is 10.1. The fraction of sp³-hybridized carbons (Fsp3) is 0.133. The van der Waals surface area contributed by atoms with Crippen LogP contribution in [0.25, 0.3) is 0 Å². The molecule has 7 nitrogen and oxygen atoms in total. The van der Waals surface area contributed by atoms with Gasteiger partial charge in [-0.1, -0.05) is 6.08 Å². The molecular weight excluding hydrogens is 447 g/mol. The van der Waals surface area contributed by atoms with Gasteiger partial charge in [-0.2, -0.15) is 9.64 Å². The average molecular weight is 457 g/mol. The van der Waals surface area contributed by atoms with Crippen molar-refractivity contribution in [1.29, 1.82) is 5.26 Å². The van der Waals surface area contributed by atoms with E-state index in [2.05, 4.69) is 25.3 Å². The molecule has 1 aliphatic rings. The second kappa shape index (κ2) is 6.88. The molecule has 0 aliphatic heterocycles. The summed E-state index contributed by atoms with van der Waals surface area (Å²) in [6.45, 7) is 0. The number of primary sulfonamides is 1. The molecule has 26 heavy (non-hydrogen) atoms. The predicted octanol–water partition coefficient (Wildman–Crippen LogP) is 2.74. The largest absolute Gasteiger partial charge is 0.455 e. The van der Waals surface area contributed by atoms with Crippen molar-refractivity contribution < 1.29 is 17.5 Å². The zero-order valence-corrected chi connectivity index (χ0v) is 16.1. The van der Waals surface area contributed by atoms with Gasteiger partial charge in [0.1, 0.15) is 28.7 Å². The average Bonchev–Trinajstić information content (AvgIpc) is 3.11. The number of nitrogens with zero attached hydrogens (tertiary/aromatic N) is 3. The van der Waals surface area contributed by atoms with Crippen LogP contribution in [-0.2, 0) is 14.8 Å². The van der Waals surface area contributed by atoms with E-state index in [-0.39, 0.29) is 28.5 Å². The zero-order valence-electron chi connectivity index (χ0n) is 12.9. The van der Waals surface area contributed by atoms with Gasteiger partial charge in [-0.15, -0.1) is 0 Å². The lowest BCUT2D eigenvalue weighted by Gasteiger charge is -2.29. The lowest BCUT2D eigenvalue weighted by Crippen LogP contribution is -2.41.